The maximum Gasteiger partial charge on any atom is 0.274 e. The Morgan fingerprint density at radius 1 is 1.18 bits per heavy atom. The average Bonchev–Trinajstić information content (AvgIpc) is 2.54. The third kappa shape index (κ3) is 2.73. The van der Waals surface area contributed by atoms with E-state index in [-0.39, 0.29) is 5.91 Å². The van der Waals surface area contributed by atoms with Crippen molar-refractivity contribution in [3.8, 4) is 5.75 Å². The highest BCUT2D eigenvalue weighted by atomic mass is 35.5. The van der Waals surface area contributed by atoms with Crippen molar-refractivity contribution in [3.63, 3.8) is 0 Å². The van der Waals surface area contributed by atoms with E-state index in [1.807, 2.05) is 30.3 Å². The van der Waals surface area contributed by atoms with Gasteiger partial charge < -0.3 is 10.1 Å². The quantitative estimate of drug-likeness (QED) is 0.790. The van der Waals surface area contributed by atoms with Gasteiger partial charge in [0.05, 0.1) is 12.1 Å². The van der Waals surface area contributed by atoms with Crippen LogP contribution in [0.2, 0.25) is 5.02 Å². The minimum Gasteiger partial charge on any atom is -0.495 e. The molecule has 0 aliphatic rings. The topological polar surface area (TPSA) is 51.2 Å². The molecule has 3 aromatic rings. The van der Waals surface area contributed by atoms with Crippen molar-refractivity contribution >= 4 is 34.0 Å². The number of halogens is 1. The number of nitrogens with one attached hydrogen (secondary N) is 1. The number of methoxy groups -OCH3 is 1. The van der Waals surface area contributed by atoms with Crippen LogP contribution in [0.25, 0.3) is 10.8 Å². The number of nitrogens with zero attached hydrogens (tertiary/aromatic N) is 1. The van der Waals surface area contributed by atoms with Crippen LogP contribution < -0.4 is 10.1 Å². The molecule has 0 bridgehead atoms. The van der Waals surface area contributed by atoms with E-state index in [2.05, 4.69) is 10.3 Å². The summed E-state index contributed by atoms with van der Waals surface area (Å²) < 4.78 is 5.09. The van der Waals surface area contributed by atoms with Crippen LogP contribution in [0.1, 0.15) is 10.5 Å². The summed E-state index contributed by atoms with van der Waals surface area (Å²) in [6, 6.07) is 14.6. The molecular formula is C17H13ClN2O2. The number of hydrogen-bond acceptors (Lipinski definition) is 3. The predicted octanol–water partition coefficient (Wildman–Crippen LogP) is 4.15. The van der Waals surface area contributed by atoms with Crippen molar-refractivity contribution in [2.24, 2.45) is 0 Å². The number of anilines is 1. The lowest BCUT2D eigenvalue weighted by atomic mass is 10.1. The van der Waals surface area contributed by atoms with Gasteiger partial charge in [-0.1, -0.05) is 35.9 Å². The summed E-state index contributed by atoms with van der Waals surface area (Å²) in [5.74, 6) is 0.279. The number of fused-ring (bicyclic) bond motifs is 1. The van der Waals surface area contributed by atoms with Gasteiger partial charge in [-0.25, -0.2) is 0 Å². The molecule has 110 valence electrons. The van der Waals surface area contributed by atoms with Crippen molar-refractivity contribution in [1.29, 1.82) is 0 Å². The molecule has 1 aromatic heterocycles. The van der Waals surface area contributed by atoms with Gasteiger partial charge in [-0.3, -0.25) is 9.78 Å². The lowest BCUT2D eigenvalue weighted by molar-refractivity contribution is 0.102. The summed E-state index contributed by atoms with van der Waals surface area (Å²) in [6.45, 7) is 0. The van der Waals surface area contributed by atoms with Crippen LogP contribution in [0.3, 0.4) is 0 Å². The van der Waals surface area contributed by atoms with Crippen LogP contribution in [0.4, 0.5) is 5.69 Å². The van der Waals surface area contributed by atoms with E-state index in [1.54, 1.807) is 31.5 Å². The Morgan fingerprint density at radius 2 is 2.00 bits per heavy atom. The van der Waals surface area contributed by atoms with E-state index in [0.29, 0.717) is 22.2 Å². The zero-order valence-electron chi connectivity index (χ0n) is 11.8. The largest absolute Gasteiger partial charge is 0.495 e. The third-order valence-electron chi connectivity index (χ3n) is 3.30. The van der Waals surface area contributed by atoms with Gasteiger partial charge in [-0.2, -0.15) is 0 Å². The lowest BCUT2D eigenvalue weighted by Crippen LogP contribution is -2.14. The molecule has 0 fully saturated rings. The summed E-state index contributed by atoms with van der Waals surface area (Å²) in [7, 11) is 1.54. The van der Waals surface area contributed by atoms with Crippen molar-refractivity contribution in [2.45, 2.75) is 0 Å². The predicted molar refractivity (Wildman–Crippen MR) is 87.7 cm³/mol. The van der Waals surface area contributed by atoms with Crippen LogP contribution in [-0.4, -0.2) is 18.0 Å². The fourth-order valence-electron chi connectivity index (χ4n) is 2.24. The van der Waals surface area contributed by atoms with Gasteiger partial charge in [0.15, 0.2) is 0 Å². The summed E-state index contributed by atoms with van der Waals surface area (Å²) >= 11 is 6.06. The number of amides is 1. The summed E-state index contributed by atoms with van der Waals surface area (Å²) in [6.07, 6.45) is 1.62. The van der Waals surface area contributed by atoms with E-state index in [4.69, 9.17) is 16.3 Å². The maximum absolute atomic E-state index is 12.4. The lowest BCUT2D eigenvalue weighted by Gasteiger charge is -2.09. The number of pyridine rings is 1. The number of benzene rings is 2. The SMILES string of the molecule is COc1ccc(NC(=O)c2nccc3ccccc23)cc1Cl. The second kappa shape index (κ2) is 6.03. The highest BCUT2D eigenvalue weighted by molar-refractivity contribution is 6.32. The molecule has 1 amide bonds. The van der Waals surface area contributed by atoms with Crippen molar-refractivity contribution < 1.29 is 9.53 Å². The van der Waals surface area contributed by atoms with Gasteiger partial charge in [0.25, 0.3) is 5.91 Å². The van der Waals surface area contributed by atoms with Crippen LogP contribution in [-0.2, 0) is 0 Å². The zero-order chi connectivity index (χ0) is 15.5. The Bertz CT molecular complexity index is 844. The van der Waals surface area contributed by atoms with E-state index >= 15 is 0 Å². The third-order valence-corrected chi connectivity index (χ3v) is 3.59. The molecule has 0 unspecified atom stereocenters. The highest BCUT2D eigenvalue weighted by Crippen LogP contribution is 2.27. The van der Waals surface area contributed by atoms with Crippen LogP contribution in [0.5, 0.6) is 5.75 Å². The first kappa shape index (κ1) is 14.4. The average molecular weight is 313 g/mol. The number of carbonyl (C=O) groups excluding carboxylic acids is 1. The number of aromatic nitrogens is 1. The molecule has 4 nitrogen and oxygen atoms in total. The van der Waals surface area contributed by atoms with Crippen LogP contribution in [0, 0.1) is 0 Å². The van der Waals surface area contributed by atoms with Crippen LogP contribution >= 0.6 is 11.6 Å². The van der Waals surface area contributed by atoms with E-state index in [1.165, 1.54) is 0 Å². The molecule has 1 N–H and O–H groups in total. The molecule has 0 saturated heterocycles. The Balaban J connectivity index is 1.92. The molecule has 1 heterocycles. The monoisotopic (exact) mass is 312 g/mol. The number of hydrogen-bond donors (Lipinski definition) is 1. The molecule has 3 rings (SSSR count). The first-order valence-corrected chi connectivity index (χ1v) is 7.05. The molecule has 0 radical (unpaired) electrons. The molecule has 0 spiro atoms. The molecule has 5 heteroatoms. The Labute approximate surface area is 132 Å². The smallest absolute Gasteiger partial charge is 0.274 e. The fraction of sp³-hybridized carbons (Fsp3) is 0.0588. The van der Waals surface area contributed by atoms with Gasteiger partial charge in [-0.15, -0.1) is 0 Å². The van der Waals surface area contributed by atoms with Gasteiger partial charge in [-0.05, 0) is 29.7 Å². The molecule has 2 aromatic carbocycles. The highest BCUT2D eigenvalue weighted by Gasteiger charge is 2.12. The van der Waals surface area contributed by atoms with E-state index in [9.17, 15) is 4.79 Å². The van der Waals surface area contributed by atoms with Crippen LogP contribution in [0.15, 0.2) is 54.7 Å². The van der Waals surface area contributed by atoms with Gasteiger partial charge in [0.2, 0.25) is 0 Å². The number of ether oxygens (including phenoxy) is 1. The van der Waals surface area contributed by atoms with Crippen molar-refractivity contribution in [2.75, 3.05) is 12.4 Å². The minimum atomic E-state index is -0.280. The van der Waals surface area contributed by atoms with E-state index in [0.717, 1.165) is 10.8 Å². The minimum absolute atomic E-state index is 0.280. The first-order valence-electron chi connectivity index (χ1n) is 6.67. The zero-order valence-corrected chi connectivity index (χ0v) is 12.6. The molecule has 0 saturated carbocycles. The Hall–Kier alpha value is -2.59. The number of rotatable bonds is 3. The first-order chi connectivity index (χ1) is 10.7. The maximum atomic E-state index is 12.4. The van der Waals surface area contributed by atoms with Crippen molar-refractivity contribution in [3.05, 3.63) is 65.4 Å². The molecular weight excluding hydrogens is 300 g/mol. The summed E-state index contributed by atoms with van der Waals surface area (Å²) in [5.41, 5.74) is 0.968. The summed E-state index contributed by atoms with van der Waals surface area (Å²) in [5, 5.41) is 5.01. The normalized spacial score (nSPS) is 10.5. The molecule has 0 aliphatic carbocycles. The van der Waals surface area contributed by atoms with Gasteiger partial charge in [0, 0.05) is 17.3 Å². The number of carbonyl (C=O) groups is 1. The summed E-state index contributed by atoms with van der Waals surface area (Å²) in [4.78, 5) is 16.6. The Morgan fingerprint density at radius 3 is 2.77 bits per heavy atom. The molecule has 0 atom stereocenters. The molecule has 22 heavy (non-hydrogen) atoms. The second-order valence-corrected chi connectivity index (χ2v) is 5.09. The van der Waals surface area contributed by atoms with Crippen molar-refractivity contribution in [1.82, 2.24) is 4.98 Å². The Kier molecular flexibility index (Phi) is 3.94. The van der Waals surface area contributed by atoms with Gasteiger partial charge in [0.1, 0.15) is 11.4 Å². The second-order valence-electron chi connectivity index (χ2n) is 4.68. The standard InChI is InChI=1S/C17H13ClN2O2/c1-22-15-7-6-12(10-14(15)18)20-17(21)16-13-5-3-2-4-11(13)8-9-19-16/h2-10H,1H3,(H,20,21). The van der Waals surface area contributed by atoms with E-state index < -0.39 is 0 Å². The molecule has 0 aliphatic heterocycles. The fourth-order valence-corrected chi connectivity index (χ4v) is 2.49. The van der Waals surface area contributed by atoms with Gasteiger partial charge >= 0.3 is 0 Å².